The predicted octanol–water partition coefficient (Wildman–Crippen LogP) is 2.08. The number of ketones is 1. The van der Waals surface area contributed by atoms with Crippen LogP contribution in [-0.2, 0) is 0 Å². The molecule has 4 nitrogen and oxygen atoms in total. The molecule has 17 heavy (non-hydrogen) atoms. The van der Waals surface area contributed by atoms with E-state index in [0.29, 0.717) is 24.4 Å². The fourth-order valence-corrected chi connectivity index (χ4v) is 1.48. The highest BCUT2D eigenvalue weighted by molar-refractivity contribution is 5.99. The highest BCUT2D eigenvalue weighted by Gasteiger charge is 2.08. The molecule has 0 bridgehead atoms. The normalized spacial score (nSPS) is 10.1. The zero-order valence-electron chi connectivity index (χ0n) is 10.3. The molecule has 0 amide bonds. The van der Waals surface area contributed by atoms with Crippen molar-refractivity contribution in [1.82, 2.24) is 0 Å². The van der Waals surface area contributed by atoms with Gasteiger partial charge in [-0.15, -0.1) is 0 Å². The van der Waals surface area contributed by atoms with E-state index in [9.17, 15) is 4.79 Å². The largest absolute Gasteiger partial charge is 0.494 e. The number of rotatable bonds is 7. The molecule has 0 fully saturated rings. The minimum Gasteiger partial charge on any atom is -0.494 e. The van der Waals surface area contributed by atoms with Crippen molar-refractivity contribution in [3.63, 3.8) is 0 Å². The summed E-state index contributed by atoms with van der Waals surface area (Å²) in [5.41, 5.74) is 1.32. The van der Waals surface area contributed by atoms with E-state index in [4.69, 9.17) is 9.84 Å². The predicted molar refractivity (Wildman–Crippen MR) is 67.8 cm³/mol. The molecule has 0 saturated heterocycles. The van der Waals surface area contributed by atoms with Crippen molar-refractivity contribution in [3.05, 3.63) is 23.8 Å². The third-order valence-corrected chi connectivity index (χ3v) is 2.27. The van der Waals surface area contributed by atoms with E-state index in [1.807, 2.05) is 6.92 Å². The molecule has 1 aromatic carbocycles. The molecule has 0 radical (unpaired) electrons. The Morgan fingerprint density at radius 2 is 2.24 bits per heavy atom. The summed E-state index contributed by atoms with van der Waals surface area (Å²) < 4.78 is 5.50. The van der Waals surface area contributed by atoms with Gasteiger partial charge in [0.05, 0.1) is 13.2 Å². The number of anilines is 1. The van der Waals surface area contributed by atoms with Crippen molar-refractivity contribution in [2.75, 3.05) is 25.1 Å². The van der Waals surface area contributed by atoms with E-state index in [1.54, 1.807) is 18.2 Å². The smallest absolute Gasteiger partial charge is 0.161 e. The summed E-state index contributed by atoms with van der Waals surface area (Å²) in [7, 11) is 0. The number of aliphatic hydroxyl groups is 1. The van der Waals surface area contributed by atoms with Crippen molar-refractivity contribution in [1.29, 1.82) is 0 Å². The van der Waals surface area contributed by atoms with Crippen molar-refractivity contribution in [3.8, 4) is 5.75 Å². The number of nitrogens with one attached hydrogen (secondary N) is 1. The Morgan fingerprint density at radius 1 is 1.47 bits per heavy atom. The summed E-state index contributed by atoms with van der Waals surface area (Å²) in [5, 5.41) is 11.8. The summed E-state index contributed by atoms with van der Waals surface area (Å²) in [4.78, 5) is 11.4. The topological polar surface area (TPSA) is 58.6 Å². The zero-order valence-corrected chi connectivity index (χ0v) is 10.3. The van der Waals surface area contributed by atoms with E-state index < -0.39 is 0 Å². The van der Waals surface area contributed by atoms with Gasteiger partial charge in [0.2, 0.25) is 0 Å². The van der Waals surface area contributed by atoms with Crippen LogP contribution in [0.5, 0.6) is 5.75 Å². The maximum atomic E-state index is 11.4. The molecule has 2 N–H and O–H groups in total. The second kappa shape index (κ2) is 6.91. The van der Waals surface area contributed by atoms with Crippen LogP contribution in [0, 0.1) is 0 Å². The Morgan fingerprint density at radius 3 is 2.82 bits per heavy atom. The van der Waals surface area contributed by atoms with Crippen LogP contribution in [0.4, 0.5) is 5.69 Å². The van der Waals surface area contributed by atoms with Crippen LogP contribution < -0.4 is 10.1 Å². The molecule has 0 atom stereocenters. The van der Waals surface area contributed by atoms with Crippen molar-refractivity contribution >= 4 is 11.5 Å². The summed E-state index contributed by atoms with van der Waals surface area (Å²) >= 11 is 0. The van der Waals surface area contributed by atoms with E-state index in [1.165, 1.54) is 6.92 Å². The van der Waals surface area contributed by atoms with E-state index in [2.05, 4.69) is 5.32 Å². The first-order chi connectivity index (χ1) is 8.19. The number of hydrogen-bond acceptors (Lipinski definition) is 4. The quantitative estimate of drug-likeness (QED) is 0.713. The van der Waals surface area contributed by atoms with E-state index >= 15 is 0 Å². The van der Waals surface area contributed by atoms with Gasteiger partial charge in [0, 0.05) is 23.9 Å². The fraction of sp³-hybridized carbons (Fsp3) is 0.462. The van der Waals surface area contributed by atoms with Gasteiger partial charge in [-0.25, -0.2) is 0 Å². The molecule has 0 spiro atoms. The number of carbonyl (C=O) groups is 1. The van der Waals surface area contributed by atoms with Gasteiger partial charge in [0.15, 0.2) is 5.78 Å². The monoisotopic (exact) mass is 237 g/mol. The third kappa shape index (κ3) is 4.07. The average molecular weight is 237 g/mol. The fourth-order valence-electron chi connectivity index (χ4n) is 1.48. The molecule has 94 valence electrons. The Labute approximate surface area is 102 Å². The van der Waals surface area contributed by atoms with Crippen LogP contribution >= 0.6 is 0 Å². The second-order valence-electron chi connectivity index (χ2n) is 3.76. The molecule has 0 heterocycles. The van der Waals surface area contributed by atoms with Gasteiger partial charge in [0.25, 0.3) is 0 Å². The number of benzene rings is 1. The lowest BCUT2D eigenvalue weighted by Crippen LogP contribution is -2.09. The standard InChI is InChI=1S/C13H19NO3/c1-3-8-17-11-4-5-12(10(2)16)13(9-11)14-6-7-15/h4-5,9,14-15H,3,6-8H2,1-2H3. The second-order valence-corrected chi connectivity index (χ2v) is 3.76. The average Bonchev–Trinajstić information content (AvgIpc) is 2.33. The van der Waals surface area contributed by atoms with Gasteiger partial charge in [-0.3, -0.25) is 4.79 Å². The van der Waals surface area contributed by atoms with Crippen molar-refractivity contribution < 1.29 is 14.6 Å². The zero-order chi connectivity index (χ0) is 12.7. The third-order valence-electron chi connectivity index (χ3n) is 2.27. The van der Waals surface area contributed by atoms with Gasteiger partial charge in [0.1, 0.15) is 5.75 Å². The van der Waals surface area contributed by atoms with Crippen LogP contribution in [0.25, 0.3) is 0 Å². The first-order valence-corrected chi connectivity index (χ1v) is 5.81. The summed E-state index contributed by atoms with van der Waals surface area (Å²) in [6, 6.07) is 5.33. The molecule has 0 aromatic heterocycles. The Hall–Kier alpha value is -1.55. The number of Topliss-reactive ketones (excluding diaryl/α,β-unsaturated/α-hetero) is 1. The molecule has 1 aromatic rings. The molecule has 1 rings (SSSR count). The van der Waals surface area contributed by atoms with Crippen LogP contribution in [0.1, 0.15) is 30.6 Å². The molecule has 0 aliphatic rings. The molecule has 0 aliphatic carbocycles. The summed E-state index contributed by atoms with van der Waals surface area (Å²) in [5.74, 6) is 0.727. The first kappa shape index (κ1) is 13.5. The maximum absolute atomic E-state index is 11.4. The van der Waals surface area contributed by atoms with Crippen molar-refractivity contribution in [2.45, 2.75) is 20.3 Å². The SMILES string of the molecule is CCCOc1ccc(C(C)=O)c(NCCO)c1. The van der Waals surface area contributed by atoms with Crippen LogP contribution in [0.15, 0.2) is 18.2 Å². The number of carbonyl (C=O) groups excluding carboxylic acids is 1. The maximum Gasteiger partial charge on any atom is 0.161 e. The van der Waals surface area contributed by atoms with Gasteiger partial charge < -0.3 is 15.2 Å². The van der Waals surface area contributed by atoms with Crippen LogP contribution in [-0.4, -0.2) is 30.6 Å². The van der Waals surface area contributed by atoms with Crippen molar-refractivity contribution in [2.24, 2.45) is 0 Å². The molecule has 0 saturated carbocycles. The van der Waals surface area contributed by atoms with Gasteiger partial charge >= 0.3 is 0 Å². The molecular weight excluding hydrogens is 218 g/mol. The Balaban J connectivity index is 2.88. The van der Waals surface area contributed by atoms with Crippen LogP contribution in [0.3, 0.4) is 0 Å². The minimum atomic E-state index is -0.00696. The molecule has 0 unspecified atom stereocenters. The number of aliphatic hydroxyl groups excluding tert-OH is 1. The van der Waals surface area contributed by atoms with Gasteiger partial charge in [-0.2, -0.15) is 0 Å². The highest BCUT2D eigenvalue weighted by atomic mass is 16.5. The number of ether oxygens (including phenoxy) is 1. The lowest BCUT2D eigenvalue weighted by Gasteiger charge is -2.12. The van der Waals surface area contributed by atoms with E-state index in [0.717, 1.165) is 12.2 Å². The molecule has 4 heteroatoms. The first-order valence-electron chi connectivity index (χ1n) is 5.81. The molecule has 0 aliphatic heterocycles. The van der Waals surface area contributed by atoms with Gasteiger partial charge in [-0.05, 0) is 25.5 Å². The minimum absolute atomic E-state index is 0.00696. The molecular formula is C13H19NO3. The van der Waals surface area contributed by atoms with E-state index in [-0.39, 0.29) is 12.4 Å². The summed E-state index contributed by atoms with van der Waals surface area (Å²) in [6.45, 7) is 4.65. The summed E-state index contributed by atoms with van der Waals surface area (Å²) in [6.07, 6.45) is 0.938. The van der Waals surface area contributed by atoms with Crippen LogP contribution in [0.2, 0.25) is 0 Å². The lowest BCUT2D eigenvalue weighted by molar-refractivity contribution is 0.101. The Bertz CT molecular complexity index is 377. The Kier molecular flexibility index (Phi) is 5.49. The number of hydrogen-bond donors (Lipinski definition) is 2. The highest BCUT2D eigenvalue weighted by Crippen LogP contribution is 2.23. The lowest BCUT2D eigenvalue weighted by atomic mass is 10.1. The van der Waals surface area contributed by atoms with Gasteiger partial charge in [-0.1, -0.05) is 6.92 Å².